The van der Waals surface area contributed by atoms with Crippen LogP contribution in [0, 0.1) is 5.92 Å². The monoisotopic (exact) mass is 389 g/mol. The molecule has 0 spiro atoms. The number of hydrogen-bond acceptors (Lipinski definition) is 6. The van der Waals surface area contributed by atoms with Gasteiger partial charge >= 0.3 is 0 Å². The Bertz CT molecular complexity index is 773. The van der Waals surface area contributed by atoms with Crippen molar-refractivity contribution in [1.29, 1.82) is 0 Å². The second-order valence-corrected chi connectivity index (χ2v) is 8.19. The Morgan fingerprint density at radius 1 is 1.33 bits per heavy atom. The summed E-state index contributed by atoms with van der Waals surface area (Å²) in [7, 11) is 1.60. The van der Waals surface area contributed by atoms with Gasteiger partial charge in [0.25, 0.3) is 0 Å². The molecular weight excluding hydrogens is 362 g/mol. The molecule has 0 radical (unpaired) electrons. The SMILES string of the molecule is COc1ccccc1-c1nnc(SC(C)C(=O)NCC2CCCCC2)n1N. The van der Waals surface area contributed by atoms with Gasteiger partial charge in [-0.3, -0.25) is 4.79 Å². The Balaban J connectivity index is 1.62. The molecule has 1 saturated carbocycles. The zero-order valence-corrected chi connectivity index (χ0v) is 16.7. The molecule has 0 saturated heterocycles. The molecule has 27 heavy (non-hydrogen) atoms. The lowest BCUT2D eigenvalue weighted by atomic mass is 9.89. The number of rotatable bonds is 7. The van der Waals surface area contributed by atoms with Crippen molar-refractivity contribution < 1.29 is 9.53 Å². The first kappa shape index (κ1) is 19.5. The maximum absolute atomic E-state index is 12.4. The quantitative estimate of drug-likeness (QED) is 0.558. The van der Waals surface area contributed by atoms with E-state index < -0.39 is 0 Å². The number of carbonyl (C=O) groups excluding carboxylic acids is 1. The molecule has 1 atom stereocenters. The first-order valence-corrected chi connectivity index (χ1v) is 10.3. The predicted octanol–water partition coefficient (Wildman–Crippen LogP) is 2.84. The van der Waals surface area contributed by atoms with E-state index in [2.05, 4.69) is 15.5 Å². The zero-order valence-electron chi connectivity index (χ0n) is 15.9. The van der Waals surface area contributed by atoms with Crippen LogP contribution < -0.4 is 15.9 Å². The van der Waals surface area contributed by atoms with Gasteiger partial charge in [0.15, 0.2) is 5.82 Å². The van der Waals surface area contributed by atoms with Gasteiger partial charge in [-0.15, -0.1) is 10.2 Å². The summed E-state index contributed by atoms with van der Waals surface area (Å²) in [5.74, 6) is 7.97. The van der Waals surface area contributed by atoms with E-state index in [0.29, 0.717) is 22.6 Å². The molecule has 3 N–H and O–H groups in total. The molecule has 1 amide bonds. The molecule has 1 aliphatic carbocycles. The Labute approximate surface area is 164 Å². The van der Waals surface area contributed by atoms with Crippen LogP contribution in [-0.2, 0) is 4.79 Å². The summed E-state index contributed by atoms with van der Waals surface area (Å²) in [6.07, 6.45) is 6.28. The van der Waals surface area contributed by atoms with E-state index in [-0.39, 0.29) is 11.2 Å². The molecule has 8 heteroatoms. The predicted molar refractivity (Wildman–Crippen MR) is 107 cm³/mol. The zero-order chi connectivity index (χ0) is 19.2. The van der Waals surface area contributed by atoms with Gasteiger partial charge < -0.3 is 15.9 Å². The Morgan fingerprint density at radius 3 is 2.81 bits per heavy atom. The van der Waals surface area contributed by atoms with Crippen LogP contribution >= 0.6 is 11.8 Å². The molecule has 1 aliphatic rings. The van der Waals surface area contributed by atoms with E-state index in [4.69, 9.17) is 10.6 Å². The first-order valence-electron chi connectivity index (χ1n) is 9.38. The van der Waals surface area contributed by atoms with Crippen molar-refractivity contribution in [2.24, 2.45) is 5.92 Å². The average molecular weight is 390 g/mol. The number of methoxy groups -OCH3 is 1. The van der Waals surface area contributed by atoms with Crippen molar-refractivity contribution in [1.82, 2.24) is 20.2 Å². The Hall–Kier alpha value is -2.22. The van der Waals surface area contributed by atoms with Crippen LogP contribution in [0.25, 0.3) is 11.4 Å². The van der Waals surface area contributed by atoms with Crippen molar-refractivity contribution in [3.05, 3.63) is 24.3 Å². The van der Waals surface area contributed by atoms with Crippen LogP contribution in [0.3, 0.4) is 0 Å². The van der Waals surface area contributed by atoms with Crippen molar-refractivity contribution in [2.45, 2.75) is 49.4 Å². The third-order valence-electron chi connectivity index (χ3n) is 4.95. The fourth-order valence-corrected chi connectivity index (χ4v) is 4.16. The van der Waals surface area contributed by atoms with Gasteiger partial charge in [0.05, 0.1) is 17.9 Å². The summed E-state index contributed by atoms with van der Waals surface area (Å²) in [4.78, 5) is 12.4. The molecule has 1 heterocycles. The molecule has 0 aliphatic heterocycles. The van der Waals surface area contributed by atoms with Crippen molar-refractivity contribution in [3.63, 3.8) is 0 Å². The summed E-state index contributed by atoms with van der Waals surface area (Å²) in [5.41, 5.74) is 0.760. The number of benzene rings is 1. The number of amides is 1. The maximum atomic E-state index is 12.4. The van der Waals surface area contributed by atoms with E-state index >= 15 is 0 Å². The molecular formula is C19H27N5O2S. The third-order valence-corrected chi connectivity index (χ3v) is 6.01. The maximum Gasteiger partial charge on any atom is 0.233 e. The fraction of sp³-hybridized carbons (Fsp3) is 0.526. The summed E-state index contributed by atoms with van der Waals surface area (Å²) < 4.78 is 6.78. The minimum Gasteiger partial charge on any atom is -0.496 e. The van der Waals surface area contributed by atoms with Gasteiger partial charge in [0, 0.05) is 6.54 Å². The van der Waals surface area contributed by atoms with Gasteiger partial charge in [-0.05, 0) is 37.8 Å². The minimum atomic E-state index is -0.300. The van der Waals surface area contributed by atoms with Crippen LogP contribution in [0.15, 0.2) is 29.4 Å². The number of hydrogen-bond donors (Lipinski definition) is 2. The van der Waals surface area contributed by atoms with Gasteiger partial charge in [-0.2, -0.15) is 0 Å². The first-order chi connectivity index (χ1) is 13.1. The lowest BCUT2D eigenvalue weighted by Crippen LogP contribution is -2.35. The molecule has 1 unspecified atom stereocenters. The molecule has 1 fully saturated rings. The van der Waals surface area contributed by atoms with Crippen LogP contribution in [-0.4, -0.2) is 39.7 Å². The van der Waals surface area contributed by atoms with Gasteiger partial charge in [0.2, 0.25) is 11.1 Å². The molecule has 0 bridgehead atoms. The van der Waals surface area contributed by atoms with E-state index in [1.807, 2.05) is 31.2 Å². The fourth-order valence-electron chi connectivity index (χ4n) is 3.36. The molecule has 3 rings (SSSR count). The molecule has 146 valence electrons. The van der Waals surface area contributed by atoms with Crippen LogP contribution in [0.4, 0.5) is 0 Å². The number of thioether (sulfide) groups is 1. The number of nitrogens with one attached hydrogen (secondary N) is 1. The van der Waals surface area contributed by atoms with Gasteiger partial charge in [-0.1, -0.05) is 43.2 Å². The lowest BCUT2D eigenvalue weighted by Gasteiger charge is -2.22. The van der Waals surface area contributed by atoms with Gasteiger partial charge in [-0.25, -0.2) is 4.68 Å². The van der Waals surface area contributed by atoms with Crippen LogP contribution in [0.2, 0.25) is 0 Å². The normalized spacial score (nSPS) is 16.1. The Kier molecular flexibility index (Phi) is 6.60. The second kappa shape index (κ2) is 9.12. The highest BCUT2D eigenvalue weighted by atomic mass is 32.2. The Morgan fingerprint density at radius 2 is 2.07 bits per heavy atom. The number of nitrogen functional groups attached to an aromatic ring is 1. The highest BCUT2D eigenvalue weighted by Crippen LogP contribution is 2.30. The van der Waals surface area contributed by atoms with Crippen molar-refractivity contribution >= 4 is 17.7 Å². The van der Waals surface area contributed by atoms with E-state index in [1.54, 1.807) is 7.11 Å². The third kappa shape index (κ3) is 4.74. The number of ether oxygens (including phenoxy) is 1. The standard InChI is InChI=1S/C19H27N5O2S/c1-13(18(25)21-12-14-8-4-3-5-9-14)27-19-23-22-17(24(19)20)15-10-6-7-11-16(15)26-2/h6-7,10-11,13-14H,3-5,8-9,12,20H2,1-2H3,(H,21,25). The summed E-state index contributed by atoms with van der Waals surface area (Å²) in [6.45, 7) is 2.61. The topological polar surface area (TPSA) is 95.1 Å². The molecule has 1 aromatic heterocycles. The highest BCUT2D eigenvalue weighted by molar-refractivity contribution is 8.00. The molecule has 1 aromatic carbocycles. The van der Waals surface area contributed by atoms with E-state index in [0.717, 1.165) is 12.1 Å². The van der Waals surface area contributed by atoms with Crippen molar-refractivity contribution in [2.75, 3.05) is 19.5 Å². The van der Waals surface area contributed by atoms with Crippen molar-refractivity contribution in [3.8, 4) is 17.1 Å². The molecule has 2 aromatic rings. The summed E-state index contributed by atoms with van der Waals surface area (Å²) in [6, 6.07) is 7.49. The number of nitrogens with zero attached hydrogens (tertiary/aromatic N) is 3. The minimum absolute atomic E-state index is 0.00687. The summed E-state index contributed by atoms with van der Waals surface area (Å²) in [5, 5.41) is 11.6. The largest absolute Gasteiger partial charge is 0.496 e. The van der Waals surface area contributed by atoms with Gasteiger partial charge in [0.1, 0.15) is 5.75 Å². The highest BCUT2D eigenvalue weighted by Gasteiger charge is 2.22. The van der Waals surface area contributed by atoms with E-state index in [1.165, 1.54) is 48.5 Å². The molecule has 7 nitrogen and oxygen atoms in total. The van der Waals surface area contributed by atoms with E-state index in [9.17, 15) is 4.79 Å². The lowest BCUT2D eigenvalue weighted by molar-refractivity contribution is -0.120. The number of aromatic nitrogens is 3. The summed E-state index contributed by atoms with van der Waals surface area (Å²) >= 11 is 1.31. The smallest absolute Gasteiger partial charge is 0.233 e. The van der Waals surface area contributed by atoms with Crippen LogP contribution in [0.1, 0.15) is 39.0 Å². The average Bonchev–Trinajstić information content (AvgIpc) is 3.06. The number of nitrogens with two attached hydrogens (primary N) is 1. The number of carbonyl (C=O) groups is 1. The second-order valence-electron chi connectivity index (χ2n) is 6.89. The number of para-hydroxylation sites is 1. The van der Waals surface area contributed by atoms with Crippen LogP contribution in [0.5, 0.6) is 5.75 Å².